The average molecular weight is 223 g/mol. The summed E-state index contributed by atoms with van der Waals surface area (Å²) in [5.74, 6) is 0.803. The molecule has 1 aromatic rings. The molecule has 0 spiro atoms. The van der Waals surface area contributed by atoms with Crippen LogP contribution >= 0.6 is 0 Å². The smallest absolute Gasteiger partial charge is 0.0949 e. The molecule has 0 saturated heterocycles. The SMILES string of the molecule is CCNCCc1cn(CCCC(C)C)cn1. The highest BCUT2D eigenvalue weighted by Gasteiger charge is 1.99. The van der Waals surface area contributed by atoms with Crippen molar-refractivity contribution in [3.63, 3.8) is 0 Å². The molecule has 0 atom stereocenters. The lowest BCUT2D eigenvalue weighted by atomic mass is 10.1. The van der Waals surface area contributed by atoms with Gasteiger partial charge in [-0.3, -0.25) is 0 Å². The molecule has 0 amide bonds. The van der Waals surface area contributed by atoms with Crippen LogP contribution in [0.5, 0.6) is 0 Å². The molecule has 1 aromatic heterocycles. The van der Waals surface area contributed by atoms with E-state index in [0.717, 1.165) is 32.0 Å². The van der Waals surface area contributed by atoms with Crippen molar-refractivity contribution in [3.05, 3.63) is 18.2 Å². The van der Waals surface area contributed by atoms with E-state index in [1.807, 2.05) is 6.33 Å². The molecule has 0 aliphatic rings. The van der Waals surface area contributed by atoms with Gasteiger partial charge in [0.25, 0.3) is 0 Å². The fourth-order valence-electron chi connectivity index (χ4n) is 1.73. The molecule has 0 aromatic carbocycles. The van der Waals surface area contributed by atoms with E-state index in [1.165, 1.54) is 18.5 Å². The van der Waals surface area contributed by atoms with Gasteiger partial charge in [-0.25, -0.2) is 4.98 Å². The number of nitrogens with zero attached hydrogens (tertiary/aromatic N) is 2. The summed E-state index contributed by atoms with van der Waals surface area (Å²) in [6.45, 7) is 9.84. The van der Waals surface area contributed by atoms with Crippen LogP contribution in [0, 0.1) is 5.92 Å². The van der Waals surface area contributed by atoms with Gasteiger partial charge in [-0.2, -0.15) is 0 Å². The van der Waals surface area contributed by atoms with Gasteiger partial charge in [-0.15, -0.1) is 0 Å². The molecular weight excluding hydrogens is 198 g/mol. The van der Waals surface area contributed by atoms with E-state index >= 15 is 0 Å². The van der Waals surface area contributed by atoms with Crippen molar-refractivity contribution in [1.29, 1.82) is 0 Å². The van der Waals surface area contributed by atoms with Crippen LogP contribution in [0.15, 0.2) is 12.5 Å². The van der Waals surface area contributed by atoms with Crippen molar-refractivity contribution >= 4 is 0 Å². The first-order valence-electron chi connectivity index (χ1n) is 6.43. The van der Waals surface area contributed by atoms with Crippen LogP contribution < -0.4 is 5.32 Å². The maximum Gasteiger partial charge on any atom is 0.0949 e. The zero-order valence-electron chi connectivity index (χ0n) is 10.9. The third-order valence-electron chi connectivity index (χ3n) is 2.69. The third-order valence-corrected chi connectivity index (χ3v) is 2.69. The first-order valence-corrected chi connectivity index (χ1v) is 6.43. The van der Waals surface area contributed by atoms with E-state index in [2.05, 4.69) is 41.8 Å². The van der Waals surface area contributed by atoms with Crippen molar-refractivity contribution in [3.8, 4) is 0 Å². The summed E-state index contributed by atoms with van der Waals surface area (Å²) in [7, 11) is 0. The Labute approximate surface area is 99.3 Å². The van der Waals surface area contributed by atoms with Gasteiger partial charge >= 0.3 is 0 Å². The third kappa shape index (κ3) is 5.31. The van der Waals surface area contributed by atoms with Gasteiger partial charge in [0.15, 0.2) is 0 Å². The van der Waals surface area contributed by atoms with Crippen molar-refractivity contribution in [2.24, 2.45) is 5.92 Å². The molecule has 3 nitrogen and oxygen atoms in total. The highest BCUT2D eigenvalue weighted by Crippen LogP contribution is 2.06. The van der Waals surface area contributed by atoms with Crippen molar-refractivity contribution in [2.75, 3.05) is 13.1 Å². The summed E-state index contributed by atoms with van der Waals surface area (Å²) in [6, 6.07) is 0. The number of aromatic nitrogens is 2. The zero-order chi connectivity index (χ0) is 11.8. The van der Waals surface area contributed by atoms with Gasteiger partial charge in [0, 0.05) is 25.7 Å². The first kappa shape index (κ1) is 13.2. The second kappa shape index (κ2) is 7.44. The number of aryl methyl sites for hydroxylation is 1. The standard InChI is InChI=1S/C13H25N3/c1-4-14-8-7-13-10-16(11-15-13)9-5-6-12(2)3/h10-12,14H,4-9H2,1-3H3. The number of hydrogen-bond acceptors (Lipinski definition) is 2. The van der Waals surface area contributed by atoms with Crippen LogP contribution in [0.3, 0.4) is 0 Å². The van der Waals surface area contributed by atoms with E-state index in [1.54, 1.807) is 0 Å². The Balaban J connectivity index is 2.22. The Hall–Kier alpha value is -0.830. The molecule has 1 N–H and O–H groups in total. The number of imidazole rings is 1. The van der Waals surface area contributed by atoms with Gasteiger partial charge in [0.1, 0.15) is 0 Å². The minimum atomic E-state index is 0.803. The molecule has 0 unspecified atom stereocenters. The molecule has 16 heavy (non-hydrogen) atoms. The second-order valence-electron chi connectivity index (χ2n) is 4.74. The molecule has 1 rings (SSSR count). The Morgan fingerprint density at radius 3 is 2.94 bits per heavy atom. The molecule has 3 heteroatoms. The van der Waals surface area contributed by atoms with Crippen LogP contribution in [0.1, 0.15) is 39.3 Å². The molecule has 0 saturated carbocycles. The topological polar surface area (TPSA) is 29.9 Å². The fraction of sp³-hybridized carbons (Fsp3) is 0.769. The molecule has 0 fully saturated rings. The number of nitrogens with one attached hydrogen (secondary N) is 1. The van der Waals surface area contributed by atoms with Crippen molar-refractivity contribution in [1.82, 2.24) is 14.9 Å². The maximum atomic E-state index is 4.41. The summed E-state index contributed by atoms with van der Waals surface area (Å²) < 4.78 is 2.21. The molecule has 0 aliphatic heterocycles. The number of hydrogen-bond donors (Lipinski definition) is 1. The predicted octanol–water partition coefficient (Wildman–Crippen LogP) is 2.47. The Kier molecular flexibility index (Phi) is 6.16. The number of rotatable bonds is 8. The van der Waals surface area contributed by atoms with E-state index in [4.69, 9.17) is 0 Å². The van der Waals surface area contributed by atoms with Crippen LogP contribution in [-0.2, 0) is 13.0 Å². The van der Waals surface area contributed by atoms with Gasteiger partial charge in [0.05, 0.1) is 12.0 Å². The normalized spacial score (nSPS) is 11.2. The lowest BCUT2D eigenvalue weighted by Gasteiger charge is -2.04. The monoisotopic (exact) mass is 223 g/mol. The first-order chi connectivity index (χ1) is 7.72. The van der Waals surface area contributed by atoms with Gasteiger partial charge < -0.3 is 9.88 Å². The van der Waals surface area contributed by atoms with E-state index in [9.17, 15) is 0 Å². The quantitative estimate of drug-likeness (QED) is 0.686. The molecule has 0 bridgehead atoms. The zero-order valence-corrected chi connectivity index (χ0v) is 10.9. The number of likely N-dealkylation sites (N-methyl/N-ethyl adjacent to an activating group) is 1. The molecule has 92 valence electrons. The average Bonchev–Trinajstić information content (AvgIpc) is 2.66. The molecule has 1 heterocycles. The molecular formula is C13H25N3. The van der Waals surface area contributed by atoms with Crippen LogP contribution in [0.2, 0.25) is 0 Å². The fourth-order valence-corrected chi connectivity index (χ4v) is 1.73. The largest absolute Gasteiger partial charge is 0.337 e. The Bertz CT molecular complexity index is 278. The molecule has 0 radical (unpaired) electrons. The summed E-state index contributed by atoms with van der Waals surface area (Å²) in [5.41, 5.74) is 1.20. The van der Waals surface area contributed by atoms with Crippen molar-refractivity contribution < 1.29 is 0 Å². The lowest BCUT2D eigenvalue weighted by molar-refractivity contribution is 0.511. The summed E-state index contributed by atoms with van der Waals surface area (Å²) in [5, 5.41) is 3.31. The summed E-state index contributed by atoms with van der Waals surface area (Å²) >= 11 is 0. The van der Waals surface area contributed by atoms with Crippen LogP contribution in [-0.4, -0.2) is 22.6 Å². The van der Waals surface area contributed by atoms with E-state index in [-0.39, 0.29) is 0 Å². The van der Waals surface area contributed by atoms with Gasteiger partial charge in [-0.05, 0) is 25.3 Å². The van der Waals surface area contributed by atoms with Gasteiger partial charge in [-0.1, -0.05) is 20.8 Å². The minimum Gasteiger partial charge on any atom is -0.337 e. The maximum absolute atomic E-state index is 4.41. The van der Waals surface area contributed by atoms with Crippen molar-refractivity contribution in [2.45, 2.75) is 46.6 Å². The van der Waals surface area contributed by atoms with Gasteiger partial charge in [0.2, 0.25) is 0 Å². The van der Waals surface area contributed by atoms with E-state index < -0.39 is 0 Å². The lowest BCUT2D eigenvalue weighted by Crippen LogP contribution is -2.16. The van der Waals surface area contributed by atoms with Crippen LogP contribution in [0.4, 0.5) is 0 Å². The van der Waals surface area contributed by atoms with Crippen LogP contribution in [0.25, 0.3) is 0 Å². The Morgan fingerprint density at radius 2 is 2.25 bits per heavy atom. The highest BCUT2D eigenvalue weighted by atomic mass is 15.0. The molecule has 0 aliphatic carbocycles. The second-order valence-corrected chi connectivity index (χ2v) is 4.74. The summed E-state index contributed by atoms with van der Waals surface area (Å²) in [4.78, 5) is 4.41. The predicted molar refractivity (Wildman–Crippen MR) is 68.5 cm³/mol. The van der Waals surface area contributed by atoms with E-state index in [0.29, 0.717) is 0 Å². The minimum absolute atomic E-state index is 0.803. The Morgan fingerprint density at radius 1 is 1.44 bits per heavy atom. The highest BCUT2D eigenvalue weighted by molar-refractivity contribution is 4.97. The summed E-state index contributed by atoms with van der Waals surface area (Å²) in [6.07, 6.45) is 7.72.